The first-order chi connectivity index (χ1) is 11.6. The van der Waals surface area contributed by atoms with Crippen molar-refractivity contribution in [2.75, 3.05) is 51.8 Å². The summed E-state index contributed by atoms with van der Waals surface area (Å²) in [6.45, 7) is 6.82. The third-order valence-electron chi connectivity index (χ3n) is 3.73. The Morgan fingerprint density at radius 1 is 1.48 bits per heavy atom. The number of anilines is 1. The number of halogens is 3. The molecule has 0 radical (unpaired) electrons. The van der Waals surface area contributed by atoms with Crippen LogP contribution in [0.15, 0.2) is 17.3 Å². The molecule has 0 spiro atoms. The Labute approximate surface area is 176 Å². The lowest BCUT2D eigenvalue weighted by molar-refractivity contribution is 0.181. The summed E-state index contributed by atoms with van der Waals surface area (Å²) in [6, 6.07) is 1.67. The molecule has 1 aromatic rings. The highest BCUT2D eigenvalue weighted by Crippen LogP contribution is 2.22. The van der Waals surface area contributed by atoms with Crippen LogP contribution in [-0.2, 0) is 4.74 Å². The van der Waals surface area contributed by atoms with E-state index in [0.717, 1.165) is 38.7 Å². The maximum atomic E-state index is 6.09. The number of pyridine rings is 1. The quantitative estimate of drug-likeness (QED) is 0.259. The Kier molecular flexibility index (Phi) is 10.8. The molecule has 1 saturated heterocycles. The zero-order chi connectivity index (χ0) is 17.4. The molecule has 9 heteroatoms. The number of hydrogen-bond donors (Lipinski definition) is 2. The SMILES string of the molecule is CCNC(=NCCNc1ncc(Cl)cc1Cl)N(C)CC1CCOC1.I. The zero-order valence-electron chi connectivity index (χ0n) is 14.6. The van der Waals surface area contributed by atoms with Gasteiger partial charge in [-0.2, -0.15) is 0 Å². The van der Waals surface area contributed by atoms with E-state index < -0.39 is 0 Å². The van der Waals surface area contributed by atoms with E-state index in [4.69, 9.17) is 27.9 Å². The average Bonchev–Trinajstić information content (AvgIpc) is 3.05. The number of rotatable bonds is 7. The lowest BCUT2D eigenvalue weighted by atomic mass is 10.1. The van der Waals surface area contributed by atoms with Gasteiger partial charge in [0.1, 0.15) is 5.82 Å². The van der Waals surface area contributed by atoms with Crippen LogP contribution in [0.4, 0.5) is 5.82 Å². The van der Waals surface area contributed by atoms with Gasteiger partial charge in [0, 0.05) is 45.4 Å². The first-order valence-corrected chi connectivity index (χ1v) is 8.97. The average molecular weight is 502 g/mol. The van der Waals surface area contributed by atoms with Crippen LogP contribution in [0.2, 0.25) is 10.0 Å². The van der Waals surface area contributed by atoms with Gasteiger partial charge in [0.25, 0.3) is 0 Å². The summed E-state index contributed by atoms with van der Waals surface area (Å²) in [5.41, 5.74) is 0. The fourth-order valence-electron chi connectivity index (χ4n) is 2.55. The largest absolute Gasteiger partial charge is 0.381 e. The van der Waals surface area contributed by atoms with Gasteiger partial charge in [0.2, 0.25) is 0 Å². The standard InChI is InChI=1S/C16H25Cl2N5O.HI/c1-3-19-16(23(2)10-12-4-7-24-11-12)21-6-5-20-15-14(18)8-13(17)9-22-15;/h8-9,12H,3-7,10-11H2,1-2H3,(H,19,21)(H,20,22);1H. The highest BCUT2D eigenvalue weighted by Gasteiger charge is 2.18. The molecule has 1 fully saturated rings. The number of nitrogens with zero attached hydrogens (tertiary/aromatic N) is 3. The van der Waals surface area contributed by atoms with E-state index in [9.17, 15) is 0 Å². The molecular formula is C16H26Cl2IN5O. The van der Waals surface area contributed by atoms with Gasteiger partial charge in [-0.3, -0.25) is 4.99 Å². The Hall–Kier alpha value is -0.510. The molecule has 2 N–H and O–H groups in total. The number of guanidine groups is 1. The van der Waals surface area contributed by atoms with Crippen molar-refractivity contribution in [2.24, 2.45) is 10.9 Å². The minimum atomic E-state index is 0. The number of aromatic nitrogens is 1. The molecule has 2 heterocycles. The number of ether oxygens (including phenoxy) is 1. The van der Waals surface area contributed by atoms with Crippen molar-refractivity contribution in [3.05, 3.63) is 22.3 Å². The van der Waals surface area contributed by atoms with Crippen molar-refractivity contribution in [3.63, 3.8) is 0 Å². The Morgan fingerprint density at radius 2 is 2.28 bits per heavy atom. The van der Waals surface area contributed by atoms with Crippen LogP contribution in [0.3, 0.4) is 0 Å². The van der Waals surface area contributed by atoms with Crippen molar-refractivity contribution in [1.82, 2.24) is 15.2 Å². The normalized spacial score (nSPS) is 17.1. The zero-order valence-corrected chi connectivity index (χ0v) is 18.4. The molecule has 1 aliphatic rings. The van der Waals surface area contributed by atoms with Crippen molar-refractivity contribution < 1.29 is 4.74 Å². The number of aliphatic imine (C=N–C) groups is 1. The van der Waals surface area contributed by atoms with Crippen LogP contribution >= 0.6 is 47.2 Å². The van der Waals surface area contributed by atoms with Gasteiger partial charge < -0.3 is 20.3 Å². The molecule has 1 aromatic heterocycles. The second-order valence-corrected chi connectivity index (χ2v) is 6.60. The summed E-state index contributed by atoms with van der Waals surface area (Å²) in [4.78, 5) is 11.0. The highest BCUT2D eigenvalue weighted by molar-refractivity contribution is 14.0. The monoisotopic (exact) mass is 501 g/mol. The molecule has 0 amide bonds. The number of nitrogens with one attached hydrogen (secondary N) is 2. The maximum Gasteiger partial charge on any atom is 0.193 e. The van der Waals surface area contributed by atoms with Crippen molar-refractivity contribution in [3.8, 4) is 0 Å². The predicted molar refractivity (Wildman–Crippen MR) is 116 cm³/mol. The summed E-state index contributed by atoms with van der Waals surface area (Å²) in [6.07, 6.45) is 2.69. The third kappa shape index (κ3) is 7.72. The molecule has 1 aliphatic heterocycles. The van der Waals surface area contributed by atoms with Crippen LogP contribution in [0.1, 0.15) is 13.3 Å². The van der Waals surface area contributed by atoms with Crippen LogP contribution in [0, 0.1) is 5.92 Å². The van der Waals surface area contributed by atoms with E-state index >= 15 is 0 Å². The summed E-state index contributed by atoms with van der Waals surface area (Å²) in [5, 5.41) is 7.53. The van der Waals surface area contributed by atoms with E-state index in [1.54, 1.807) is 12.3 Å². The van der Waals surface area contributed by atoms with E-state index in [2.05, 4.69) is 39.5 Å². The minimum absolute atomic E-state index is 0. The van der Waals surface area contributed by atoms with Crippen molar-refractivity contribution >= 4 is 59.0 Å². The first-order valence-electron chi connectivity index (χ1n) is 8.22. The third-order valence-corrected chi connectivity index (χ3v) is 4.22. The summed E-state index contributed by atoms with van der Waals surface area (Å²) in [5.74, 6) is 2.10. The lowest BCUT2D eigenvalue weighted by Crippen LogP contribution is -2.41. The molecule has 0 aliphatic carbocycles. The van der Waals surface area contributed by atoms with Crippen LogP contribution in [0.25, 0.3) is 0 Å². The van der Waals surface area contributed by atoms with Crippen molar-refractivity contribution in [2.45, 2.75) is 13.3 Å². The molecule has 1 unspecified atom stereocenters. The Morgan fingerprint density at radius 3 is 2.92 bits per heavy atom. The summed E-state index contributed by atoms with van der Waals surface area (Å²) in [7, 11) is 2.06. The molecule has 0 aromatic carbocycles. The van der Waals surface area contributed by atoms with Crippen molar-refractivity contribution in [1.29, 1.82) is 0 Å². The lowest BCUT2D eigenvalue weighted by Gasteiger charge is -2.24. The van der Waals surface area contributed by atoms with Gasteiger partial charge in [-0.1, -0.05) is 23.2 Å². The fourth-order valence-corrected chi connectivity index (χ4v) is 3.00. The Balaban J connectivity index is 0.00000312. The van der Waals surface area contributed by atoms with Crippen LogP contribution in [-0.4, -0.2) is 62.3 Å². The van der Waals surface area contributed by atoms with Gasteiger partial charge in [0.05, 0.1) is 23.2 Å². The minimum Gasteiger partial charge on any atom is -0.381 e. The topological polar surface area (TPSA) is 61.8 Å². The second kappa shape index (κ2) is 12.0. The molecule has 1 atom stereocenters. The molecule has 0 saturated carbocycles. The molecular weight excluding hydrogens is 476 g/mol. The van der Waals surface area contributed by atoms with E-state index in [0.29, 0.717) is 34.9 Å². The maximum absolute atomic E-state index is 6.09. The molecule has 0 bridgehead atoms. The van der Waals surface area contributed by atoms with E-state index in [1.165, 1.54) is 0 Å². The fraction of sp³-hybridized carbons (Fsp3) is 0.625. The van der Waals surface area contributed by atoms with Crippen LogP contribution < -0.4 is 10.6 Å². The summed E-state index contributed by atoms with van der Waals surface area (Å²) < 4.78 is 5.44. The van der Waals surface area contributed by atoms with Crippen LogP contribution in [0.5, 0.6) is 0 Å². The first kappa shape index (κ1) is 22.5. The van der Waals surface area contributed by atoms with Gasteiger partial charge >= 0.3 is 0 Å². The van der Waals surface area contributed by atoms with Gasteiger partial charge in [0.15, 0.2) is 5.96 Å². The Bertz CT molecular complexity index is 555. The second-order valence-electron chi connectivity index (χ2n) is 5.76. The predicted octanol–water partition coefficient (Wildman–Crippen LogP) is 3.35. The van der Waals surface area contributed by atoms with E-state index in [-0.39, 0.29) is 24.0 Å². The molecule has 25 heavy (non-hydrogen) atoms. The van der Waals surface area contributed by atoms with E-state index in [1.807, 2.05) is 0 Å². The molecule has 6 nitrogen and oxygen atoms in total. The molecule has 142 valence electrons. The molecule has 2 rings (SSSR count). The van der Waals surface area contributed by atoms with Gasteiger partial charge in [-0.05, 0) is 19.4 Å². The highest BCUT2D eigenvalue weighted by atomic mass is 127. The number of hydrogen-bond acceptors (Lipinski definition) is 4. The smallest absolute Gasteiger partial charge is 0.193 e. The van der Waals surface area contributed by atoms with Gasteiger partial charge in [-0.15, -0.1) is 24.0 Å². The van der Waals surface area contributed by atoms with Gasteiger partial charge in [-0.25, -0.2) is 4.98 Å². The summed E-state index contributed by atoms with van der Waals surface area (Å²) >= 11 is 11.9.